The lowest BCUT2D eigenvalue weighted by Crippen LogP contribution is -2.12. The lowest BCUT2D eigenvalue weighted by molar-refractivity contribution is 0.891. The molecule has 10 aromatic carbocycles. The van der Waals surface area contributed by atoms with E-state index >= 15 is 0 Å². The van der Waals surface area contributed by atoms with E-state index in [4.69, 9.17) is 25.9 Å². The molecule has 8 heteroatoms. The molecule has 16 aromatic rings. The van der Waals surface area contributed by atoms with Gasteiger partial charge in [0.05, 0.1) is 92.6 Å². The minimum absolute atomic E-state index is 0.0298. The summed E-state index contributed by atoms with van der Waals surface area (Å²) < 4.78 is 223. The van der Waals surface area contributed by atoms with Crippen LogP contribution >= 0.6 is 11.3 Å². The van der Waals surface area contributed by atoms with Gasteiger partial charge in [-0.1, -0.05) is 157 Å². The molecule has 0 unspecified atom stereocenters. The van der Waals surface area contributed by atoms with Crippen molar-refractivity contribution >= 4 is 119 Å². The van der Waals surface area contributed by atoms with Crippen molar-refractivity contribution < 1.29 is 31.5 Å². The lowest BCUT2D eigenvalue weighted by Gasteiger charge is -2.20. The first-order valence-corrected chi connectivity index (χ1v) is 22.9. The number of benzene rings is 10. The highest BCUT2D eigenvalue weighted by molar-refractivity contribution is 7.26. The predicted molar refractivity (Wildman–Crippen MR) is 296 cm³/mol. The molecule has 0 fully saturated rings. The summed E-state index contributed by atoms with van der Waals surface area (Å²) in [6, 6.07) is 7.32. The minimum Gasteiger partial charge on any atom is -0.308 e. The summed E-state index contributed by atoms with van der Waals surface area (Å²) in [5.74, 6) is -1.97. The summed E-state index contributed by atoms with van der Waals surface area (Å²) in [6.07, 6.45) is 0. The van der Waals surface area contributed by atoms with E-state index in [0.29, 0.717) is 27.2 Å². The quantitative estimate of drug-likeness (QED) is 0.173. The number of thiophene rings is 1. The molecule has 6 aromatic heterocycles. The highest BCUT2D eigenvalue weighted by atomic mass is 32.1. The summed E-state index contributed by atoms with van der Waals surface area (Å²) in [6.45, 7) is 0. The van der Waals surface area contributed by atoms with Gasteiger partial charge in [-0.2, -0.15) is 15.0 Å². The molecule has 0 saturated carbocycles. The zero-order valence-electron chi connectivity index (χ0n) is 59.1. The van der Waals surface area contributed by atoms with Gasteiger partial charge in [-0.25, -0.2) is 0 Å². The van der Waals surface area contributed by atoms with Crippen molar-refractivity contribution in [3.63, 3.8) is 0 Å². The maximum Gasteiger partial charge on any atom is 0.240 e. The zero-order chi connectivity index (χ0) is 66.3. The molecule has 0 radical (unpaired) electrons. The van der Waals surface area contributed by atoms with Crippen LogP contribution < -0.4 is 0 Å². The molecule has 0 spiro atoms. The molecule has 0 aliphatic heterocycles. The van der Waals surface area contributed by atoms with Crippen LogP contribution in [0.2, 0.25) is 0 Å². The van der Waals surface area contributed by atoms with Gasteiger partial charge in [-0.05, 0) is 66.6 Å². The Bertz CT molecular complexity index is 6150. The second-order valence-electron chi connectivity index (χ2n) is 16.6. The molecule has 0 saturated heterocycles. The van der Waals surface area contributed by atoms with E-state index in [0.717, 1.165) is 23.9 Å². The van der Waals surface area contributed by atoms with E-state index in [2.05, 4.69) is 0 Å². The number of hydrogen-bond donors (Lipinski definition) is 0. The molecular weight excluding hydrogens is 887 g/mol. The summed E-state index contributed by atoms with van der Waals surface area (Å²) in [7, 11) is 0. The zero-order valence-corrected chi connectivity index (χ0v) is 36.9. The second-order valence-corrected chi connectivity index (χ2v) is 17.7. The van der Waals surface area contributed by atoms with Crippen LogP contribution in [-0.2, 0) is 0 Å². The van der Waals surface area contributed by atoms with Crippen LogP contribution in [0.3, 0.4) is 0 Å². The van der Waals surface area contributed by atoms with Gasteiger partial charge < -0.3 is 9.13 Å². The molecule has 0 aliphatic rings. The number of para-hydroxylation sites is 7. The van der Waals surface area contributed by atoms with Crippen LogP contribution in [0.1, 0.15) is 31.5 Å². The van der Waals surface area contributed by atoms with Crippen LogP contribution in [0.5, 0.6) is 0 Å². The summed E-state index contributed by atoms with van der Waals surface area (Å²) in [5, 5.41) is 1.11. The van der Waals surface area contributed by atoms with Crippen molar-refractivity contribution in [1.29, 1.82) is 0 Å². The van der Waals surface area contributed by atoms with E-state index in [9.17, 15) is 20.6 Å². The van der Waals surface area contributed by atoms with Crippen molar-refractivity contribution in [1.82, 2.24) is 33.2 Å². The van der Waals surface area contributed by atoms with Crippen LogP contribution in [0.4, 0.5) is 0 Å². The molecule has 0 aliphatic carbocycles. The van der Waals surface area contributed by atoms with E-state index in [1.165, 1.54) is 15.9 Å². The standard InChI is InChI=1S/C63H37N7S/c1-9-26-47-38(18-1)39-19-2-10-27-48(39)67(47)54-33-17-34-55(68-49-28-11-7-24-44(49)45-36-37-57-58(60(45)68)46-25-8-16-35-56(46)71-57)59(54)61-64-62(69-50-29-12-3-20-40(50)41-21-4-13-30-51(41)69)66-63(65-61)70-52-31-14-5-22-42(52)43-23-6-15-32-53(43)70/h1-37H/i1D,2D,3D,4D,5D,9D,10D,12D,13D,14D,17D,18D,19D,20D,21D,22D,26D,27D,29D,30D,31D,33D,34D. The van der Waals surface area contributed by atoms with E-state index in [1.807, 2.05) is 42.5 Å². The number of hydrogen-bond acceptors (Lipinski definition) is 4. The highest BCUT2D eigenvalue weighted by Gasteiger charge is 2.28. The smallest absolute Gasteiger partial charge is 0.240 e. The third-order valence-electron chi connectivity index (χ3n) is 13.1. The molecule has 6 heterocycles. The lowest BCUT2D eigenvalue weighted by atomic mass is 10.1. The Labute approximate surface area is 441 Å². The van der Waals surface area contributed by atoms with Crippen LogP contribution in [0.25, 0.3) is 142 Å². The summed E-state index contributed by atoms with van der Waals surface area (Å²) in [5.41, 5.74) is -2.81. The minimum atomic E-state index is -0.899. The maximum atomic E-state index is 10.5. The first-order valence-electron chi connectivity index (χ1n) is 33.6. The Kier molecular flexibility index (Phi) is 4.68. The average Bonchev–Trinajstić information content (AvgIpc) is 1.50. The SMILES string of the molecule is [2H]c1c([2H])c(-n2c3c([2H])c([2H])c([2H])c([2H])c3c3c([2H])c([2H])c([2H])c([2H])c32)c(-c2nc(-n3c4ccccc4c4c([2H])c([2H])c([2H])c([2H])c43)nc(-n3c4c([2H])c([2H])c([2H])c([2H])c4c4c([2H])c([2H])c([2H])c([2H])c43)n2)c(-n2c3ccccc3c3ccc4sc5ccccc5c4c32)c1[2H]. The van der Waals surface area contributed by atoms with Crippen LogP contribution in [-0.4, -0.2) is 33.2 Å². The fourth-order valence-corrected chi connectivity index (χ4v) is 11.3. The Morgan fingerprint density at radius 3 is 1.34 bits per heavy atom. The van der Waals surface area contributed by atoms with Gasteiger partial charge in [0.1, 0.15) is 0 Å². The molecule has 0 amide bonds. The first kappa shape index (κ1) is 22.8. The van der Waals surface area contributed by atoms with Crippen molar-refractivity contribution in [2.75, 3.05) is 0 Å². The maximum absolute atomic E-state index is 10.5. The number of aromatic nitrogens is 7. The largest absolute Gasteiger partial charge is 0.308 e. The normalized spacial score (nSPS) is 16.8. The number of fused-ring (bicyclic) bond motifs is 16. The fraction of sp³-hybridized carbons (Fsp3) is 0. The topological polar surface area (TPSA) is 58.4 Å². The molecule has 0 atom stereocenters. The van der Waals surface area contributed by atoms with E-state index < -0.39 is 212 Å². The molecule has 0 bridgehead atoms. The van der Waals surface area contributed by atoms with Crippen molar-refractivity contribution in [3.8, 4) is 34.7 Å². The molecule has 16 rings (SSSR count). The Hall–Kier alpha value is -9.37. The molecule has 71 heavy (non-hydrogen) atoms. The van der Waals surface area contributed by atoms with E-state index in [1.54, 1.807) is 47.0 Å². The van der Waals surface area contributed by atoms with Gasteiger partial charge in [-0.15, -0.1) is 11.3 Å². The number of nitrogens with zero attached hydrogens (tertiary/aromatic N) is 7. The van der Waals surface area contributed by atoms with Gasteiger partial charge >= 0.3 is 0 Å². The predicted octanol–water partition coefficient (Wildman–Crippen LogP) is 16.3. The fourth-order valence-electron chi connectivity index (χ4n) is 10.2. The monoisotopic (exact) mass is 946 g/mol. The molecule has 7 nitrogen and oxygen atoms in total. The molecular formula is C63H37N7S. The average molecular weight is 947 g/mol. The highest BCUT2D eigenvalue weighted by Crippen LogP contribution is 2.46. The van der Waals surface area contributed by atoms with Gasteiger partial charge in [0, 0.05) is 63.3 Å². The van der Waals surface area contributed by atoms with Gasteiger partial charge in [-0.3, -0.25) is 9.13 Å². The third kappa shape index (κ3) is 5.34. The van der Waals surface area contributed by atoms with E-state index in [-0.39, 0.29) is 27.5 Å². The number of rotatable bonds is 5. The van der Waals surface area contributed by atoms with Crippen LogP contribution in [0.15, 0.2) is 224 Å². The van der Waals surface area contributed by atoms with Crippen LogP contribution in [0, 0.1) is 0 Å². The van der Waals surface area contributed by atoms with Gasteiger partial charge in [0.15, 0.2) is 5.82 Å². The Morgan fingerprint density at radius 2 is 0.761 bits per heavy atom. The Morgan fingerprint density at radius 1 is 0.324 bits per heavy atom. The summed E-state index contributed by atoms with van der Waals surface area (Å²) >= 11 is 1.46. The van der Waals surface area contributed by atoms with Gasteiger partial charge in [0.2, 0.25) is 11.9 Å². The molecule has 0 N–H and O–H groups in total. The second kappa shape index (κ2) is 14.6. The summed E-state index contributed by atoms with van der Waals surface area (Å²) in [4.78, 5) is 15.4. The third-order valence-corrected chi connectivity index (χ3v) is 14.2. The van der Waals surface area contributed by atoms with Crippen molar-refractivity contribution in [2.45, 2.75) is 0 Å². The van der Waals surface area contributed by atoms with Gasteiger partial charge in [0.25, 0.3) is 0 Å². The molecule has 330 valence electrons. The Balaban J connectivity index is 1.23. The van der Waals surface area contributed by atoms with Crippen molar-refractivity contribution in [2.24, 2.45) is 0 Å². The van der Waals surface area contributed by atoms with Crippen molar-refractivity contribution in [3.05, 3.63) is 224 Å². The first-order chi connectivity index (χ1) is 44.8.